The van der Waals surface area contributed by atoms with Gasteiger partial charge in [-0.25, -0.2) is 4.39 Å². The topological polar surface area (TPSA) is 21.3 Å². The molecule has 0 aromatic heterocycles. The zero-order valence-corrected chi connectivity index (χ0v) is 11.7. The van der Waals surface area contributed by atoms with E-state index in [1.54, 1.807) is 13.0 Å². The summed E-state index contributed by atoms with van der Waals surface area (Å²) in [6, 6.07) is 5.48. The van der Waals surface area contributed by atoms with Gasteiger partial charge in [0.25, 0.3) is 0 Å². The molecule has 1 aromatic rings. The smallest absolute Gasteiger partial charge is 0.126 e. The number of likely N-dealkylation sites (N-methyl/N-ethyl adjacent to an activating group) is 1. The van der Waals surface area contributed by atoms with Crippen molar-refractivity contribution in [2.45, 2.75) is 26.0 Å². The molecule has 18 heavy (non-hydrogen) atoms. The van der Waals surface area contributed by atoms with Crippen LogP contribution >= 0.6 is 11.8 Å². The Labute approximate surface area is 112 Å². The normalized spacial score (nSPS) is 21.8. The van der Waals surface area contributed by atoms with E-state index in [0.717, 1.165) is 30.2 Å². The fraction of sp³-hybridized carbons (Fsp3) is 0.571. The van der Waals surface area contributed by atoms with Crippen LogP contribution in [0.25, 0.3) is 0 Å². The minimum absolute atomic E-state index is 0.145. The molecule has 1 aromatic carbocycles. The van der Waals surface area contributed by atoms with Crippen LogP contribution in [0.2, 0.25) is 0 Å². The quantitative estimate of drug-likeness (QED) is 0.908. The molecule has 2 atom stereocenters. The summed E-state index contributed by atoms with van der Waals surface area (Å²) in [5, 5.41) is 3.45. The summed E-state index contributed by atoms with van der Waals surface area (Å²) in [5.74, 6) is 1.92. The molecule has 1 aliphatic heterocycles. The number of thioether (sulfide) groups is 1. The zero-order valence-electron chi connectivity index (χ0n) is 10.9. The van der Waals surface area contributed by atoms with Gasteiger partial charge in [0.05, 0.1) is 18.8 Å². The number of aryl methyl sites for hydroxylation is 1. The van der Waals surface area contributed by atoms with Gasteiger partial charge >= 0.3 is 0 Å². The first kappa shape index (κ1) is 13.8. The van der Waals surface area contributed by atoms with Crippen molar-refractivity contribution in [1.82, 2.24) is 5.32 Å². The van der Waals surface area contributed by atoms with Gasteiger partial charge in [-0.15, -0.1) is 0 Å². The number of hydrogen-bond donors (Lipinski definition) is 1. The molecule has 1 heterocycles. The first-order valence-corrected chi connectivity index (χ1v) is 7.56. The van der Waals surface area contributed by atoms with E-state index in [1.165, 1.54) is 0 Å². The van der Waals surface area contributed by atoms with E-state index >= 15 is 0 Å². The zero-order chi connectivity index (χ0) is 13.0. The van der Waals surface area contributed by atoms with Gasteiger partial charge in [-0.1, -0.05) is 19.1 Å². The SMILES string of the molecule is CCNC(c1ccc(F)c(C)c1)C1CSCCO1. The third-order valence-electron chi connectivity index (χ3n) is 3.18. The van der Waals surface area contributed by atoms with Crippen molar-refractivity contribution in [1.29, 1.82) is 0 Å². The Morgan fingerprint density at radius 1 is 1.56 bits per heavy atom. The Bertz CT molecular complexity index is 393. The van der Waals surface area contributed by atoms with Crippen LogP contribution in [0, 0.1) is 12.7 Å². The number of nitrogens with one attached hydrogen (secondary N) is 1. The molecule has 2 rings (SSSR count). The maximum absolute atomic E-state index is 13.3. The van der Waals surface area contributed by atoms with Crippen LogP contribution in [0.3, 0.4) is 0 Å². The maximum Gasteiger partial charge on any atom is 0.126 e. The fourth-order valence-electron chi connectivity index (χ4n) is 2.24. The van der Waals surface area contributed by atoms with Crippen molar-refractivity contribution < 1.29 is 9.13 Å². The van der Waals surface area contributed by atoms with Gasteiger partial charge in [-0.05, 0) is 30.7 Å². The largest absolute Gasteiger partial charge is 0.375 e. The van der Waals surface area contributed by atoms with Gasteiger partial charge in [-0.2, -0.15) is 11.8 Å². The Morgan fingerprint density at radius 3 is 3.00 bits per heavy atom. The molecule has 0 saturated carbocycles. The Morgan fingerprint density at radius 2 is 2.39 bits per heavy atom. The molecule has 0 aliphatic carbocycles. The van der Waals surface area contributed by atoms with Crippen LogP contribution in [-0.4, -0.2) is 30.8 Å². The Balaban J connectivity index is 2.19. The van der Waals surface area contributed by atoms with Gasteiger partial charge < -0.3 is 10.1 Å². The third-order valence-corrected chi connectivity index (χ3v) is 4.20. The van der Waals surface area contributed by atoms with Gasteiger partial charge in [0.2, 0.25) is 0 Å². The lowest BCUT2D eigenvalue weighted by Crippen LogP contribution is -2.38. The van der Waals surface area contributed by atoms with Gasteiger partial charge in [0.15, 0.2) is 0 Å². The van der Waals surface area contributed by atoms with Gasteiger partial charge in [0, 0.05) is 11.5 Å². The van der Waals surface area contributed by atoms with E-state index in [4.69, 9.17) is 4.74 Å². The van der Waals surface area contributed by atoms with Crippen molar-refractivity contribution in [2.24, 2.45) is 0 Å². The minimum atomic E-state index is -0.145. The molecule has 0 amide bonds. The molecule has 1 aliphatic rings. The first-order chi connectivity index (χ1) is 8.72. The molecule has 1 saturated heterocycles. The summed E-state index contributed by atoms with van der Waals surface area (Å²) in [6.07, 6.45) is 0.175. The molecule has 1 N–H and O–H groups in total. The third kappa shape index (κ3) is 3.25. The van der Waals surface area contributed by atoms with Crippen LogP contribution < -0.4 is 5.32 Å². The first-order valence-electron chi connectivity index (χ1n) is 6.41. The van der Waals surface area contributed by atoms with Crippen molar-refractivity contribution in [2.75, 3.05) is 24.7 Å². The molecular formula is C14H20FNOS. The van der Waals surface area contributed by atoms with E-state index in [1.807, 2.05) is 23.9 Å². The monoisotopic (exact) mass is 269 g/mol. The number of rotatable bonds is 4. The molecule has 100 valence electrons. The Hall–Kier alpha value is -0.580. The van der Waals surface area contributed by atoms with Crippen LogP contribution in [0.1, 0.15) is 24.1 Å². The average molecular weight is 269 g/mol. The summed E-state index contributed by atoms with van der Waals surface area (Å²) in [4.78, 5) is 0. The molecule has 0 radical (unpaired) electrons. The molecule has 4 heteroatoms. The van der Waals surface area contributed by atoms with Gasteiger partial charge in [-0.3, -0.25) is 0 Å². The van der Waals surface area contributed by atoms with Crippen LogP contribution in [0.5, 0.6) is 0 Å². The lowest BCUT2D eigenvalue weighted by atomic mass is 10.00. The number of halogens is 1. The van der Waals surface area contributed by atoms with E-state index in [-0.39, 0.29) is 18.0 Å². The van der Waals surface area contributed by atoms with Gasteiger partial charge in [0.1, 0.15) is 5.82 Å². The van der Waals surface area contributed by atoms with Crippen molar-refractivity contribution in [3.05, 3.63) is 35.1 Å². The summed E-state index contributed by atoms with van der Waals surface area (Å²) < 4.78 is 19.2. The van der Waals surface area contributed by atoms with E-state index in [9.17, 15) is 4.39 Å². The second kappa shape index (κ2) is 6.55. The highest BCUT2D eigenvalue weighted by Gasteiger charge is 2.25. The second-order valence-electron chi connectivity index (χ2n) is 4.53. The number of benzene rings is 1. The van der Waals surface area contributed by atoms with E-state index in [2.05, 4.69) is 12.2 Å². The number of ether oxygens (including phenoxy) is 1. The lowest BCUT2D eigenvalue weighted by molar-refractivity contribution is 0.0472. The average Bonchev–Trinajstić information content (AvgIpc) is 2.40. The molecular weight excluding hydrogens is 249 g/mol. The highest BCUT2D eigenvalue weighted by atomic mass is 32.2. The number of hydrogen-bond acceptors (Lipinski definition) is 3. The minimum Gasteiger partial charge on any atom is -0.375 e. The van der Waals surface area contributed by atoms with Crippen molar-refractivity contribution in [3.63, 3.8) is 0 Å². The summed E-state index contributed by atoms with van der Waals surface area (Å²) in [7, 11) is 0. The molecule has 1 fully saturated rings. The molecule has 2 nitrogen and oxygen atoms in total. The summed E-state index contributed by atoms with van der Waals surface area (Å²) in [5.41, 5.74) is 1.81. The molecule has 2 unspecified atom stereocenters. The molecule has 0 bridgehead atoms. The summed E-state index contributed by atoms with van der Waals surface area (Å²) in [6.45, 7) is 5.57. The van der Waals surface area contributed by atoms with Crippen molar-refractivity contribution >= 4 is 11.8 Å². The highest BCUT2D eigenvalue weighted by Crippen LogP contribution is 2.26. The van der Waals surface area contributed by atoms with Crippen molar-refractivity contribution in [3.8, 4) is 0 Å². The predicted octanol–water partition coefficient (Wildman–Crippen LogP) is 2.92. The van der Waals surface area contributed by atoms with Crippen LogP contribution in [-0.2, 0) is 4.74 Å². The second-order valence-corrected chi connectivity index (χ2v) is 5.68. The lowest BCUT2D eigenvalue weighted by Gasteiger charge is -2.31. The van der Waals surface area contributed by atoms with Crippen LogP contribution in [0.15, 0.2) is 18.2 Å². The molecule has 0 spiro atoms. The van der Waals surface area contributed by atoms with E-state index < -0.39 is 0 Å². The summed E-state index contributed by atoms with van der Waals surface area (Å²) >= 11 is 1.92. The Kier molecular flexibility index (Phi) is 5.03. The van der Waals surface area contributed by atoms with E-state index in [0.29, 0.717) is 5.56 Å². The fourth-order valence-corrected chi connectivity index (χ4v) is 3.15. The van der Waals surface area contributed by atoms with Crippen LogP contribution in [0.4, 0.5) is 4.39 Å². The predicted molar refractivity (Wildman–Crippen MR) is 74.6 cm³/mol. The maximum atomic E-state index is 13.3. The highest BCUT2D eigenvalue weighted by molar-refractivity contribution is 7.99. The standard InChI is InChI=1S/C14H20FNOS/c1-3-16-14(13-9-18-7-6-17-13)11-4-5-12(15)10(2)8-11/h4-5,8,13-14,16H,3,6-7,9H2,1-2H3.